The van der Waals surface area contributed by atoms with Gasteiger partial charge >= 0.3 is 0 Å². The van der Waals surface area contributed by atoms with Crippen molar-refractivity contribution in [3.8, 4) is 0 Å². The molecule has 0 aliphatic carbocycles. The van der Waals surface area contributed by atoms with Crippen LogP contribution in [0.4, 0.5) is 0 Å². The third kappa shape index (κ3) is 5.77. The first kappa shape index (κ1) is 16.9. The number of nitrogens with zero attached hydrogens (tertiary/aromatic N) is 1. The van der Waals surface area contributed by atoms with Gasteiger partial charge in [0.1, 0.15) is 0 Å². The van der Waals surface area contributed by atoms with Gasteiger partial charge in [-0.05, 0) is 25.2 Å². The third-order valence-electron chi connectivity index (χ3n) is 3.59. The molecule has 1 atom stereocenters. The molecule has 5 nitrogen and oxygen atoms in total. The summed E-state index contributed by atoms with van der Waals surface area (Å²) in [4.78, 5) is 0. The Labute approximate surface area is 117 Å². The summed E-state index contributed by atoms with van der Waals surface area (Å²) in [7, 11) is -3.42. The van der Waals surface area contributed by atoms with Gasteiger partial charge in [0, 0.05) is 19.1 Å². The molecule has 0 radical (unpaired) electrons. The van der Waals surface area contributed by atoms with Crippen molar-refractivity contribution in [1.82, 2.24) is 9.03 Å². The van der Waals surface area contributed by atoms with Crippen LogP contribution in [0.3, 0.4) is 0 Å². The van der Waals surface area contributed by atoms with E-state index in [0.29, 0.717) is 19.0 Å². The first-order chi connectivity index (χ1) is 8.97. The van der Waals surface area contributed by atoms with E-state index in [-0.39, 0.29) is 12.6 Å². The van der Waals surface area contributed by atoms with Crippen LogP contribution in [0.25, 0.3) is 0 Å². The van der Waals surface area contributed by atoms with Gasteiger partial charge in [0.15, 0.2) is 0 Å². The Bertz CT molecular complexity index is 344. The van der Waals surface area contributed by atoms with Crippen molar-refractivity contribution in [2.24, 2.45) is 5.92 Å². The molecule has 0 bridgehead atoms. The SMILES string of the molecule is CC(C)CCCCNS(=O)(=O)N1CCCCC1CO. The Kier molecular flexibility index (Phi) is 7.28. The van der Waals surface area contributed by atoms with E-state index in [9.17, 15) is 13.5 Å². The highest BCUT2D eigenvalue weighted by atomic mass is 32.2. The van der Waals surface area contributed by atoms with Crippen molar-refractivity contribution in [3.05, 3.63) is 0 Å². The maximum atomic E-state index is 12.2. The molecule has 0 amide bonds. The first-order valence-electron chi connectivity index (χ1n) is 7.34. The molecule has 19 heavy (non-hydrogen) atoms. The van der Waals surface area contributed by atoms with E-state index in [2.05, 4.69) is 18.6 Å². The Morgan fingerprint density at radius 3 is 2.68 bits per heavy atom. The van der Waals surface area contributed by atoms with E-state index < -0.39 is 10.2 Å². The molecule has 114 valence electrons. The van der Waals surface area contributed by atoms with Crippen LogP contribution in [0.2, 0.25) is 0 Å². The molecule has 0 spiro atoms. The molecule has 1 saturated heterocycles. The second-order valence-electron chi connectivity index (χ2n) is 5.73. The second kappa shape index (κ2) is 8.19. The van der Waals surface area contributed by atoms with Crippen molar-refractivity contribution in [2.45, 2.75) is 58.4 Å². The average molecular weight is 292 g/mol. The van der Waals surface area contributed by atoms with E-state index in [0.717, 1.165) is 38.5 Å². The molecule has 1 aliphatic rings. The molecule has 0 aromatic carbocycles. The van der Waals surface area contributed by atoms with Gasteiger partial charge in [0.25, 0.3) is 10.2 Å². The van der Waals surface area contributed by atoms with Crippen molar-refractivity contribution in [2.75, 3.05) is 19.7 Å². The predicted octanol–water partition coefficient (Wildman–Crippen LogP) is 1.49. The van der Waals surface area contributed by atoms with Crippen LogP contribution >= 0.6 is 0 Å². The van der Waals surface area contributed by atoms with Crippen LogP contribution in [0.5, 0.6) is 0 Å². The van der Waals surface area contributed by atoms with Gasteiger partial charge in [-0.1, -0.05) is 33.1 Å². The summed E-state index contributed by atoms with van der Waals surface area (Å²) in [5.74, 6) is 0.664. The predicted molar refractivity (Wildman–Crippen MR) is 77.0 cm³/mol. The van der Waals surface area contributed by atoms with E-state index in [1.54, 1.807) is 0 Å². The molecule has 1 fully saturated rings. The number of unbranched alkanes of at least 4 members (excludes halogenated alkanes) is 1. The molecule has 1 heterocycles. The molecule has 0 saturated carbocycles. The van der Waals surface area contributed by atoms with Crippen molar-refractivity contribution >= 4 is 10.2 Å². The normalized spacial score (nSPS) is 22.0. The van der Waals surface area contributed by atoms with Gasteiger partial charge in [-0.25, -0.2) is 4.72 Å². The number of nitrogens with one attached hydrogen (secondary N) is 1. The lowest BCUT2D eigenvalue weighted by Crippen LogP contribution is -2.50. The van der Waals surface area contributed by atoms with Crippen LogP contribution in [0.1, 0.15) is 52.4 Å². The summed E-state index contributed by atoms with van der Waals surface area (Å²) < 4.78 is 28.4. The summed E-state index contributed by atoms with van der Waals surface area (Å²) in [6.07, 6.45) is 5.67. The number of aliphatic hydroxyl groups is 1. The summed E-state index contributed by atoms with van der Waals surface area (Å²) in [5, 5.41) is 9.26. The highest BCUT2D eigenvalue weighted by molar-refractivity contribution is 7.87. The standard InChI is InChI=1S/C13H28N2O3S/c1-12(2)7-3-5-9-14-19(17,18)15-10-6-4-8-13(15)11-16/h12-14,16H,3-11H2,1-2H3. The smallest absolute Gasteiger partial charge is 0.279 e. The zero-order chi connectivity index (χ0) is 14.3. The van der Waals surface area contributed by atoms with E-state index >= 15 is 0 Å². The minimum atomic E-state index is -3.42. The Balaban J connectivity index is 2.37. The Hall–Kier alpha value is -0.170. The fraction of sp³-hybridized carbons (Fsp3) is 1.00. The fourth-order valence-electron chi connectivity index (χ4n) is 2.43. The van der Waals surface area contributed by atoms with Crippen LogP contribution in [0.15, 0.2) is 0 Å². The zero-order valence-electron chi connectivity index (χ0n) is 12.1. The van der Waals surface area contributed by atoms with Crippen LogP contribution in [-0.2, 0) is 10.2 Å². The van der Waals surface area contributed by atoms with Crippen molar-refractivity contribution in [1.29, 1.82) is 0 Å². The highest BCUT2D eigenvalue weighted by Crippen LogP contribution is 2.19. The van der Waals surface area contributed by atoms with Crippen molar-refractivity contribution in [3.63, 3.8) is 0 Å². The number of hydrogen-bond donors (Lipinski definition) is 2. The molecule has 2 N–H and O–H groups in total. The number of aliphatic hydroxyl groups excluding tert-OH is 1. The fourth-order valence-corrected chi connectivity index (χ4v) is 3.94. The van der Waals surface area contributed by atoms with Gasteiger partial charge in [0.05, 0.1) is 6.61 Å². The minimum absolute atomic E-state index is 0.0890. The van der Waals surface area contributed by atoms with E-state index in [4.69, 9.17) is 0 Å². The lowest BCUT2D eigenvalue weighted by molar-refractivity contribution is 0.154. The summed E-state index contributed by atoms with van der Waals surface area (Å²) in [6, 6.07) is -0.248. The summed E-state index contributed by atoms with van der Waals surface area (Å²) >= 11 is 0. The van der Waals surface area contributed by atoms with E-state index in [1.165, 1.54) is 4.31 Å². The molecule has 6 heteroatoms. The van der Waals surface area contributed by atoms with Crippen LogP contribution in [-0.4, -0.2) is 43.6 Å². The summed E-state index contributed by atoms with van der Waals surface area (Å²) in [6.45, 7) is 5.26. The molecule has 0 aromatic heterocycles. The molecule has 1 unspecified atom stereocenters. The molecule has 0 aromatic rings. The minimum Gasteiger partial charge on any atom is -0.395 e. The average Bonchev–Trinajstić information content (AvgIpc) is 2.37. The highest BCUT2D eigenvalue weighted by Gasteiger charge is 2.31. The molecule has 1 rings (SSSR count). The lowest BCUT2D eigenvalue weighted by atomic mass is 10.1. The van der Waals surface area contributed by atoms with Crippen molar-refractivity contribution < 1.29 is 13.5 Å². The molecule has 1 aliphatic heterocycles. The lowest BCUT2D eigenvalue weighted by Gasteiger charge is -2.33. The third-order valence-corrected chi connectivity index (χ3v) is 5.25. The Morgan fingerprint density at radius 2 is 2.05 bits per heavy atom. The van der Waals surface area contributed by atoms with Gasteiger partial charge < -0.3 is 5.11 Å². The maximum absolute atomic E-state index is 12.2. The number of rotatable bonds is 8. The topological polar surface area (TPSA) is 69.6 Å². The molecular formula is C13H28N2O3S. The summed E-state index contributed by atoms with van der Waals surface area (Å²) in [5.41, 5.74) is 0. The monoisotopic (exact) mass is 292 g/mol. The van der Waals surface area contributed by atoms with Gasteiger partial charge in [-0.3, -0.25) is 0 Å². The number of piperidine rings is 1. The first-order valence-corrected chi connectivity index (χ1v) is 8.78. The van der Waals surface area contributed by atoms with Crippen LogP contribution in [0, 0.1) is 5.92 Å². The quantitative estimate of drug-likeness (QED) is 0.666. The number of hydrogen-bond acceptors (Lipinski definition) is 3. The zero-order valence-corrected chi connectivity index (χ0v) is 13.0. The van der Waals surface area contributed by atoms with Gasteiger partial charge in [0.2, 0.25) is 0 Å². The van der Waals surface area contributed by atoms with Gasteiger partial charge in [-0.2, -0.15) is 12.7 Å². The van der Waals surface area contributed by atoms with Crippen LogP contribution < -0.4 is 4.72 Å². The van der Waals surface area contributed by atoms with Gasteiger partial charge in [-0.15, -0.1) is 0 Å². The van der Waals surface area contributed by atoms with E-state index in [1.807, 2.05) is 0 Å². The maximum Gasteiger partial charge on any atom is 0.279 e. The molecular weight excluding hydrogens is 264 g/mol. The largest absolute Gasteiger partial charge is 0.395 e. The second-order valence-corrected chi connectivity index (χ2v) is 7.44. The Morgan fingerprint density at radius 1 is 1.32 bits per heavy atom.